The van der Waals surface area contributed by atoms with Gasteiger partial charge >= 0.3 is 0 Å². The van der Waals surface area contributed by atoms with Crippen LogP contribution in [0.4, 0.5) is 0 Å². The molecule has 0 spiro atoms. The number of likely N-dealkylation sites (tertiary alicyclic amines) is 1. The van der Waals surface area contributed by atoms with Crippen LogP contribution in [0.1, 0.15) is 44.6 Å². The van der Waals surface area contributed by atoms with Crippen LogP contribution in [-0.2, 0) is 11.3 Å². The fourth-order valence-electron chi connectivity index (χ4n) is 3.27. The first kappa shape index (κ1) is 24.2. The average molecular weight is 390 g/mol. The van der Waals surface area contributed by atoms with Crippen molar-refractivity contribution in [1.29, 1.82) is 0 Å². The molecule has 4 nitrogen and oxygen atoms in total. The van der Waals surface area contributed by atoms with E-state index in [9.17, 15) is 4.79 Å². The number of nitrogens with one attached hydrogen (secondary N) is 1. The van der Waals surface area contributed by atoms with E-state index in [-0.39, 0.29) is 42.7 Å². The standard InChI is InChI=1S/C19H31N3O.2ClH/c1-2-3-11-18(13-20)21-19(23)17-10-7-12-22(15-17)14-16-8-5-4-6-9-16;;/h4-6,8-9,17-18H,2-3,7,10-15,20H2,1H3,(H,21,23);2*1H. The van der Waals surface area contributed by atoms with Gasteiger partial charge in [0.05, 0.1) is 5.92 Å². The summed E-state index contributed by atoms with van der Waals surface area (Å²) in [7, 11) is 0. The summed E-state index contributed by atoms with van der Waals surface area (Å²) in [6.45, 7) is 5.56. The number of benzene rings is 1. The summed E-state index contributed by atoms with van der Waals surface area (Å²) in [6, 6.07) is 10.6. The van der Waals surface area contributed by atoms with Gasteiger partial charge in [0.15, 0.2) is 0 Å². The Morgan fingerprint density at radius 2 is 2.04 bits per heavy atom. The van der Waals surface area contributed by atoms with E-state index in [0.717, 1.165) is 51.7 Å². The van der Waals surface area contributed by atoms with Gasteiger partial charge in [0.1, 0.15) is 0 Å². The van der Waals surface area contributed by atoms with Gasteiger partial charge in [0.2, 0.25) is 5.91 Å². The van der Waals surface area contributed by atoms with Crippen LogP contribution in [0, 0.1) is 5.92 Å². The van der Waals surface area contributed by atoms with Gasteiger partial charge < -0.3 is 11.1 Å². The number of carbonyl (C=O) groups excluding carboxylic acids is 1. The van der Waals surface area contributed by atoms with Crippen molar-refractivity contribution in [1.82, 2.24) is 10.2 Å². The van der Waals surface area contributed by atoms with Crippen molar-refractivity contribution >= 4 is 30.7 Å². The second-order valence-corrected chi connectivity index (χ2v) is 6.64. The average Bonchev–Trinajstić information content (AvgIpc) is 2.59. The Labute approximate surface area is 164 Å². The van der Waals surface area contributed by atoms with E-state index in [2.05, 4.69) is 41.4 Å². The minimum absolute atomic E-state index is 0. The summed E-state index contributed by atoms with van der Waals surface area (Å²) in [6.07, 6.45) is 5.32. The number of nitrogens with zero attached hydrogens (tertiary/aromatic N) is 1. The molecule has 1 aliphatic rings. The summed E-state index contributed by atoms with van der Waals surface area (Å²) in [4.78, 5) is 14.9. The fourth-order valence-corrected chi connectivity index (χ4v) is 3.27. The number of piperidine rings is 1. The van der Waals surface area contributed by atoms with Crippen LogP contribution >= 0.6 is 24.8 Å². The number of carbonyl (C=O) groups is 1. The molecular formula is C19H33Cl2N3O. The van der Waals surface area contributed by atoms with Crippen molar-refractivity contribution in [2.75, 3.05) is 19.6 Å². The molecule has 0 bridgehead atoms. The predicted octanol–water partition coefficient (Wildman–Crippen LogP) is 3.38. The molecule has 0 aromatic heterocycles. The lowest BCUT2D eigenvalue weighted by molar-refractivity contribution is -0.127. The van der Waals surface area contributed by atoms with E-state index in [4.69, 9.17) is 5.73 Å². The first-order valence-electron chi connectivity index (χ1n) is 8.99. The molecule has 144 valence electrons. The molecule has 1 saturated heterocycles. The maximum absolute atomic E-state index is 12.5. The molecule has 3 N–H and O–H groups in total. The molecule has 25 heavy (non-hydrogen) atoms. The summed E-state index contributed by atoms with van der Waals surface area (Å²) in [5.41, 5.74) is 7.11. The topological polar surface area (TPSA) is 58.4 Å². The van der Waals surface area contributed by atoms with Gasteiger partial charge in [0, 0.05) is 25.7 Å². The van der Waals surface area contributed by atoms with E-state index < -0.39 is 0 Å². The third kappa shape index (κ3) is 8.41. The molecule has 1 heterocycles. The number of nitrogens with two attached hydrogens (primary N) is 1. The number of unbranched alkanes of at least 4 members (excludes halogenated alkanes) is 1. The lowest BCUT2D eigenvalue weighted by atomic mass is 9.96. The second kappa shape index (κ2) is 13.4. The number of halogens is 2. The van der Waals surface area contributed by atoms with Crippen molar-refractivity contribution in [2.24, 2.45) is 11.7 Å². The highest BCUT2D eigenvalue weighted by Gasteiger charge is 2.26. The van der Waals surface area contributed by atoms with Crippen LogP contribution in [0.5, 0.6) is 0 Å². The van der Waals surface area contributed by atoms with Gasteiger partial charge in [-0.25, -0.2) is 0 Å². The van der Waals surface area contributed by atoms with Gasteiger partial charge in [-0.3, -0.25) is 9.69 Å². The lowest BCUT2D eigenvalue weighted by Gasteiger charge is -2.32. The molecule has 0 aliphatic carbocycles. The SMILES string of the molecule is CCCCC(CN)NC(=O)C1CCCN(Cc2ccccc2)C1.Cl.Cl. The lowest BCUT2D eigenvalue weighted by Crippen LogP contribution is -2.47. The van der Waals surface area contributed by atoms with E-state index >= 15 is 0 Å². The molecule has 1 aliphatic heterocycles. The molecule has 2 unspecified atom stereocenters. The Kier molecular flexibility index (Phi) is 13.0. The van der Waals surface area contributed by atoms with Crippen LogP contribution in [-0.4, -0.2) is 36.5 Å². The number of amides is 1. The summed E-state index contributed by atoms with van der Waals surface area (Å²) < 4.78 is 0. The second-order valence-electron chi connectivity index (χ2n) is 6.64. The highest BCUT2D eigenvalue weighted by Crippen LogP contribution is 2.19. The highest BCUT2D eigenvalue weighted by molar-refractivity contribution is 5.85. The van der Waals surface area contributed by atoms with Gasteiger partial charge in [-0.15, -0.1) is 24.8 Å². The third-order valence-electron chi connectivity index (χ3n) is 4.66. The highest BCUT2D eigenvalue weighted by atomic mass is 35.5. The molecule has 1 fully saturated rings. The van der Waals surface area contributed by atoms with Gasteiger partial charge in [-0.1, -0.05) is 50.1 Å². The Morgan fingerprint density at radius 3 is 2.68 bits per heavy atom. The molecule has 1 amide bonds. The van der Waals surface area contributed by atoms with Crippen molar-refractivity contribution in [3.8, 4) is 0 Å². The van der Waals surface area contributed by atoms with Crippen molar-refractivity contribution in [3.63, 3.8) is 0 Å². The van der Waals surface area contributed by atoms with Crippen LogP contribution in [0.3, 0.4) is 0 Å². The molecule has 0 saturated carbocycles. The van der Waals surface area contributed by atoms with Gasteiger partial charge in [0.25, 0.3) is 0 Å². The first-order valence-corrected chi connectivity index (χ1v) is 8.99. The Bertz CT molecular complexity index is 473. The summed E-state index contributed by atoms with van der Waals surface area (Å²) >= 11 is 0. The zero-order chi connectivity index (χ0) is 16.5. The van der Waals surface area contributed by atoms with E-state index in [0.29, 0.717) is 6.54 Å². The minimum Gasteiger partial charge on any atom is -0.352 e. The van der Waals surface area contributed by atoms with Crippen LogP contribution in [0.25, 0.3) is 0 Å². The molecule has 1 aromatic rings. The first-order chi connectivity index (χ1) is 11.2. The zero-order valence-corrected chi connectivity index (χ0v) is 16.8. The maximum Gasteiger partial charge on any atom is 0.224 e. The van der Waals surface area contributed by atoms with Crippen LogP contribution in [0.2, 0.25) is 0 Å². The quantitative estimate of drug-likeness (QED) is 0.716. The van der Waals surface area contributed by atoms with Crippen LogP contribution in [0.15, 0.2) is 30.3 Å². The minimum atomic E-state index is 0. The number of hydrogen-bond donors (Lipinski definition) is 2. The van der Waals surface area contributed by atoms with Crippen molar-refractivity contribution in [3.05, 3.63) is 35.9 Å². The smallest absolute Gasteiger partial charge is 0.224 e. The predicted molar refractivity (Wildman–Crippen MR) is 109 cm³/mol. The number of hydrogen-bond acceptors (Lipinski definition) is 3. The largest absolute Gasteiger partial charge is 0.352 e. The van der Waals surface area contributed by atoms with E-state index in [1.807, 2.05) is 6.07 Å². The normalized spacial score (nSPS) is 18.6. The van der Waals surface area contributed by atoms with E-state index in [1.54, 1.807) is 0 Å². The molecule has 2 rings (SSSR count). The van der Waals surface area contributed by atoms with E-state index in [1.165, 1.54) is 5.56 Å². The molecule has 0 radical (unpaired) electrons. The van der Waals surface area contributed by atoms with Crippen molar-refractivity contribution < 1.29 is 4.79 Å². The maximum atomic E-state index is 12.5. The Morgan fingerprint density at radius 1 is 1.32 bits per heavy atom. The molecule has 1 aromatic carbocycles. The molecular weight excluding hydrogens is 357 g/mol. The monoisotopic (exact) mass is 389 g/mol. The third-order valence-corrected chi connectivity index (χ3v) is 4.66. The molecule has 6 heteroatoms. The Balaban J connectivity index is 0.00000288. The zero-order valence-electron chi connectivity index (χ0n) is 15.2. The summed E-state index contributed by atoms with van der Waals surface area (Å²) in [5, 5.41) is 3.17. The van der Waals surface area contributed by atoms with Gasteiger partial charge in [-0.2, -0.15) is 0 Å². The number of rotatable bonds is 8. The van der Waals surface area contributed by atoms with Crippen LogP contribution < -0.4 is 11.1 Å². The Hall–Kier alpha value is -0.810. The summed E-state index contributed by atoms with van der Waals surface area (Å²) in [5.74, 6) is 0.289. The molecule has 2 atom stereocenters. The van der Waals surface area contributed by atoms with Crippen molar-refractivity contribution in [2.45, 2.75) is 51.6 Å². The fraction of sp³-hybridized carbons (Fsp3) is 0.632. The van der Waals surface area contributed by atoms with Gasteiger partial charge in [-0.05, 0) is 31.4 Å².